The highest BCUT2D eigenvalue weighted by Gasteiger charge is 2.18. The Morgan fingerprint density at radius 3 is 2.65 bits per heavy atom. The van der Waals surface area contributed by atoms with E-state index in [0.29, 0.717) is 19.1 Å². The van der Waals surface area contributed by atoms with Crippen molar-refractivity contribution in [3.63, 3.8) is 0 Å². The molecule has 1 N–H and O–H groups in total. The van der Waals surface area contributed by atoms with E-state index in [1.165, 1.54) is 38.5 Å². The molecule has 3 heteroatoms. The first-order valence-electron chi connectivity index (χ1n) is 7.23. The molecule has 2 rings (SSSR count). The van der Waals surface area contributed by atoms with E-state index in [0.717, 1.165) is 25.3 Å². The van der Waals surface area contributed by atoms with Crippen molar-refractivity contribution in [1.82, 2.24) is 5.32 Å². The molecule has 2 fully saturated rings. The molecular formula is C14H25NO2. The SMILES string of the molecule is O=C(CCC1CCCCN1)OCCC1CCC1. The number of rotatable bonds is 6. The lowest BCUT2D eigenvalue weighted by Gasteiger charge is -2.25. The van der Waals surface area contributed by atoms with Crippen LogP contribution in [0.25, 0.3) is 0 Å². The van der Waals surface area contributed by atoms with E-state index in [2.05, 4.69) is 5.32 Å². The van der Waals surface area contributed by atoms with Crippen LogP contribution < -0.4 is 5.32 Å². The lowest BCUT2D eigenvalue weighted by atomic mass is 9.83. The summed E-state index contributed by atoms with van der Waals surface area (Å²) in [4.78, 5) is 11.5. The minimum absolute atomic E-state index is 0.00306. The molecule has 1 aliphatic carbocycles. The Morgan fingerprint density at radius 1 is 1.12 bits per heavy atom. The number of hydrogen-bond donors (Lipinski definition) is 1. The minimum atomic E-state index is -0.00306. The van der Waals surface area contributed by atoms with Gasteiger partial charge in [-0.3, -0.25) is 4.79 Å². The third-order valence-electron chi connectivity index (χ3n) is 4.12. The first-order valence-corrected chi connectivity index (χ1v) is 7.23. The van der Waals surface area contributed by atoms with Gasteiger partial charge >= 0.3 is 5.97 Å². The third-order valence-corrected chi connectivity index (χ3v) is 4.12. The molecule has 1 saturated carbocycles. The molecule has 1 unspecified atom stereocenters. The number of carbonyl (C=O) groups excluding carboxylic acids is 1. The van der Waals surface area contributed by atoms with Crippen LogP contribution in [-0.4, -0.2) is 25.2 Å². The van der Waals surface area contributed by atoms with Gasteiger partial charge in [-0.15, -0.1) is 0 Å². The lowest BCUT2D eigenvalue weighted by molar-refractivity contribution is -0.144. The third kappa shape index (κ3) is 4.66. The maximum Gasteiger partial charge on any atom is 0.305 e. The highest BCUT2D eigenvalue weighted by Crippen LogP contribution is 2.29. The van der Waals surface area contributed by atoms with Crippen molar-refractivity contribution in [2.45, 2.75) is 63.8 Å². The zero-order valence-corrected chi connectivity index (χ0v) is 10.7. The summed E-state index contributed by atoms with van der Waals surface area (Å²) in [6.45, 7) is 1.75. The summed E-state index contributed by atoms with van der Waals surface area (Å²) < 4.78 is 5.27. The van der Waals surface area contributed by atoms with Crippen molar-refractivity contribution in [1.29, 1.82) is 0 Å². The van der Waals surface area contributed by atoms with Crippen LogP contribution in [0.3, 0.4) is 0 Å². The number of nitrogens with one attached hydrogen (secondary N) is 1. The summed E-state index contributed by atoms with van der Waals surface area (Å²) in [5.74, 6) is 0.833. The Bertz CT molecular complexity index is 232. The van der Waals surface area contributed by atoms with Gasteiger partial charge in [-0.1, -0.05) is 25.7 Å². The second-order valence-electron chi connectivity index (χ2n) is 5.49. The lowest BCUT2D eigenvalue weighted by Crippen LogP contribution is -2.34. The average Bonchev–Trinajstić information content (AvgIpc) is 2.31. The maximum atomic E-state index is 11.5. The predicted molar refractivity (Wildman–Crippen MR) is 67.8 cm³/mol. The Kier molecular flexibility index (Phi) is 5.30. The molecule has 1 saturated heterocycles. The largest absolute Gasteiger partial charge is 0.466 e. The summed E-state index contributed by atoms with van der Waals surface area (Å²) >= 11 is 0. The van der Waals surface area contributed by atoms with Crippen LogP contribution in [0.15, 0.2) is 0 Å². The molecule has 0 aromatic carbocycles. The Balaban J connectivity index is 1.47. The predicted octanol–water partition coefficient (Wildman–Crippen LogP) is 2.64. The number of carbonyl (C=O) groups is 1. The molecular weight excluding hydrogens is 214 g/mol. The van der Waals surface area contributed by atoms with Crippen LogP contribution >= 0.6 is 0 Å². The fourth-order valence-electron chi connectivity index (χ4n) is 2.66. The van der Waals surface area contributed by atoms with Gasteiger partial charge in [0.2, 0.25) is 0 Å². The van der Waals surface area contributed by atoms with Crippen molar-refractivity contribution in [3.05, 3.63) is 0 Å². The summed E-state index contributed by atoms with van der Waals surface area (Å²) in [6, 6.07) is 0.544. The molecule has 0 bridgehead atoms. The molecule has 1 aliphatic heterocycles. The number of ether oxygens (including phenoxy) is 1. The van der Waals surface area contributed by atoms with Crippen molar-refractivity contribution < 1.29 is 9.53 Å². The van der Waals surface area contributed by atoms with Gasteiger partial charge in [0.25, 0.3) is 0 Å². The van der Waals surface area contributed by atoms with Gasteiger partial charge in [-0.05, 0) is 38.1 Å². The van der Waals surface area contributed by atoms with Gasteiger partial charge in [0.15, 0.2) is 0 Å². The van der Waals surface area contributed by atoms with Gasteiger partial charge in [0.1, 0.15) is 0 Å². The first kappa shape index (κ1) is 12.9. The van der Waals surface area contributed by atoms with Gasteiger partial charge < -0.3 is 10.1 Å². The van der Waals surface area contributed by atoms with Crippen LogP contribution in [0.4, 0.5) is 0 Å². The van der Waals surface area contributed by atoms with Gasteiger partial charge in [-0.2, -0.15) is 0 Å². The van der Waals surface area contributed by atoms with Crippen molar-refractivity contribution in [3.8, 4) is 0 Å². The second kappa shape index (κ2) is 7.00. The van der Waals surface area contributed by atoms with Crippen LogP contribution in [0, 0.1) is 5.92 Å². The molecule has 0 aromatic rings. The van der Waals surface area contributed by atoms with Crippen molar-refractivity contribution in [2.24, 2.45) is 5.92 Å². The van der Waals surface area contributed by atoms with E-state index in [9.17, 15) is 4.79 Å². The Morgan fingerprint density at radius 2 is 2.00 bits per heavy atom. The molecule has 17 heavy (non-hydrogen) atoms. The van der Waals surface area contributed by atoms with Gasteiger partial charge in [0, 0.05) is 12.5 Å². The molecule has 1 heterocycles. The molecule has 3 nitrogen and oxygen atoms in total. The second-order valence-corrected chi connectivity index (χ2v) is 5.49. The van der Waals surface area contributed by atoms with Crippen LogP contribution in [0.1, 0.15) is 57.8 Å². The fourth-order valence-corrected chi connectivity index (χ4v) is 2.66. The fraction of sp³-hybridized carbons (Fsp3) is 0.929. The topological polar surface area (TPSA) is 38.3 Å². The van der Waals surface area contributed by atoms with Crippen molar-refractivity contribution >= 4 is 5.97 Å². The van der Waals surface area contributed by atoms with E-state index in [1.54, 1.807) is 0 Å². The minimum Gasteiger partial charge on any atom is -0.466 e. The number of piperidine rings is 1. The molecule has 0 aromatic heterocycles. The molecule has 98 valence electrons. The Hall–Kier alpha value is -0.570. The van der Waals surface area contributed by atoms with Gasteiger partial charge in [-0.25, -0.2) is 0 Å². The number of hydrogen-bond acceptors (Lipinski definition) is 3. The molecule has 0 spiro atoms. The van der Waals surface area contributed by atoms with E-state index < -0.39 is 0 Å². The maximum absolute atomic E-state index is 11.5. The standard InChI is InChI=1S/C14H25NO2/c16-14(17-11-9-12-4-3-5-12)8-7-13-6-1-2-10-15-13/h12-13,15H,1-11H2. The monoisotopic (exact) mass is 239 g/mol. The van der Waals surface area contributed by atoms with Crippen LogP contribution in [0.5, 0.6) is 0 Å². The van der Waals surface area contributed by atoms with Crippen molar-refractivity contribution in [2.75, 3.05) is 13.2 Å². The summed E-state index contributed by atoms with van der Waals surface area (Å²) in [7, 11) is 0. The van der Waals surface area contributed by atoms with E-state index in [1.807, 2.05) is 0 Å². The molecule has 0 amide bonds. The highest BCUT2D eigenvalue weighted by molar-refractivity contribution is 5.69. The molecule has 0 radical (unpaired) electrons. The van der Waals surface area contributed by atoms with Crippen LogP contribution in [-0.2, 0) is 9.53 Å². The van der Waals surface area contributed by atoms with Gasteiger partial charge in [0.05, 0.1) is 6.61 Å². The summed E-state index contributed by atoms with van der Waals surface area (Å²) in [5.41, 5.74) is 0. The quantitative estimate of drug-likeness (QED) is 0.724. The Labute approximate surface area is 104 Å². The van der Waals surface area contributed by atoms with Crippen LogP contribution in [0.2, 0.25) is 0 Å². The average molecular weight is 239 g/mol. The first-order chi connectivity index (χ1) is 8.34. The summed E-state index contributed by atoms with van der Waals surface area (Å²) in [6.07, 6.45) is 10.4. The zero-order valence-electron chi connectivity index (χ0n) is 10.7. The highest BCUT2D eigenvalue weighted by atomic mass is 16.5. The normalized spacial score (nSPS) is 25.3. The zero-order chi connectivity index (χ0) is 11.9. The molecule has 1 atom stereocenters. The van der Waals surface area contributed by atoms with E-state index in [4.69, 9.17) is 4.74 Å². The molecule has 2 aliphatic rings. The van der Waals surface area contributed by atoms with E-state index in [-0.39, 0.29) is 5.97 Å². The van der Waals surface area contributed by atoms with E-state index >= 15 is 0 Å². The summed E-state index contributed by atoms with van der Waals surface area (Å²) in [5, 5.41) is 3.46. The smallest absolute Gasteiger partial charge is 0.305 e. The number of esters is 1.